The van der Waals surface area contributed by atoms with Crippen molar-refractivity contribution in [1.29, 1.82) is 0 Å². The fraction of sp³-hybridized carbons (Fsp3) is 0.500. The van der Waals surface area contributed by atoms with Crippen LogP contribution < -0.4 is 15.2 Å². The molecule has 2 aliphatic heterocycles. The van der Waals surface area contributed by atoms with Gasteiger partial charge in [-0.25, -0.2) is 0 Å². The lowest BCUT2D eigenvalue weighted by Crippen LogP contribution is -2.52. The maximum Gasteiger partial charge on any atom is 0.315 e. The Bertz CT molecular complexity index is 522. The van der Waals surface area contributed by atoms with Crippen LogP contribution in [0.25, 0.3) is 0 Å². The summed E-state index contributed by atoms with van der Waals surface area (Å²) < 4.78 is 16.0. The minimum atomic E-state index is -0.458. The predicted molar refractivity (Wildman–Crippen MR) is 65.6 cm³/mol. The standard InChI is InChI=1S/C12H14N2O5/c13-5-12(6-17-7-12)8-3-9(14(15)16)11-10(4-8)18-1-2-19-11/h3-4H,1-2,5-7,13H2. The summed E-state index contributed by atoms with van der Waals surface area (Å²) in [6.45, 7) is 2.03. The molecule has 0 radical (unpaired) electrons. The summed E-state index contributed by atoms with van der Waals surface area (Å²) in [4.78, 5) is 10.7. The molecule has 2 heterocycles. The SMILES string of the molecule is NCC1(c2cc3c(c([N+](=O)[O-])c2)OCCO3)COC1. The zero-order chi connectivity index (χ0) is 13.5. The van der Waals surface area contributed by atoms with Crippen LogP contribution in [0.3, 0.4) is 0 Å². The third kappa shape index (κ3) is 1.82. The fourth-order valence-corrected chi connectivity index (χ4v) is 2.33. The number of ether oxygens (including phenoxy) is 3. The molecule has 0 aliphatic carbocycles. The molecule has 1 aromatic rings. The van der Waals surface area contributed by atoms with Crippen LogP contribution in [0.4, 0.5) is 5.69 Å². The van der Waals surface area contributed by atoms with Gasteiger partial charge < -0.3 is 19.9 Å². The minimum absolute atomic E-state index is 0.0769. The van der Waals surface area contributed by atoms with E-state index < -0.39 is 4.92 Å². The second kappa shape index (κ2) is 4.36. The van der Waals surface area contributed by atoms with E-state index in [0.717, 1.165) is 5.56 Å². The summed E-state index contributed by atoms with van der Waals surface area (Å²) >= 11 is 0. The molecule has 19 heavy (non-hydrogen) atoms. The molecule has 1 aromatic carbocycles. The molecule has 7 heteroatoms. The molecule has 102 valence electrons. The Balaban J connectivity index is 2.11. The van der Waals surface area contributed by atoms with Crippen molar-refractivity contribution in [2.75, 3.05) is 33.0 Å². The Morgan fingerprint density at radius 2 is 2.05 bits per heavy atom. The first-order valence-electron chi connectivity index (χ1n) is 6.03. The molecule has 2 aliphatic rings. The summed E-state index contributed by atoms with van der Waals surface area (Å²) in [5.41, 5.74) is 6.13. The number of fused-ring (bicyclic) bond motifs is 1. The van der Waals surface area contributed by atoms with Crippen LogP contribution in [0.2, 0.25) is 0 Å². The van der Waals surface area contributed by atoms with E-state index in [1.54, 1.807) is 6.07 Å². The predicted octanol–water partition coefficient (Wildman–Crippen LogP) is 0.593. The van der Waals surface area contributed by atoms with Crippen molar-refractivity contribution in [3.63, 3.8) is 0 Å². The number of rotatable bonds is 3. The van der Waals surface area contributed by atoms with Crippen molar-refractivity contribution in [1.82, 2.24) is 0 Å². The Hall–Kier alpha value is -1.86. The molecule has 7 nitrogen and oxygen atoms in total. The maximum atomic E-state index is 11.2. The molecule has 0 atom stereocenters. The lowest BCUT2D eigenvalue weighted by molar-refractivity contribution is -0.386. The second-order valence-corrected chi connectivity index (χ2v) is 4.75. The molecule has 1 saturated heterocycles. The van der Waals surface area contributed by atoms with Crippen molar-refractivity contribution in [2.24, 2.45) is 5.73 Å². The van der Waals surface area contributed by atoms with Gasteiger partial charge in [0.2, 0.25) is 5.75 Å². The first-order valence-corrected chi connectivity index (χ1v) is 6.03. The quantitative estimate of drug-likeness (QED) is 0.635. The number of nitrogens with two attached hydrogens (primary N) is 1. The molecule has 3 rings (SSSR count). The molecule has 0 bridgehead atoms. The third-order valence-corrected chi connectivity index (χ3v) is 3.58. The van der Waals surface area contributed by atoms with Gasteiger partial charge in [0, 0.05) is 12.6 Å². The molecular weight excluding hydrogens is 252 g/mol. The van der Waals surface area contributed by atoms with Gasteiger partial charge in [0.05, 0.1) is 23.6 Å². The zero-order valence-electron chi connectivity index (χ0n) is 10.3. The topological polar surface area (TPSA) is 96.9 Å². The highest BCUT2D eigenvalue weighted by molar-refractivity contribution is 5.60. The highest BCUT2D eigenvalue weighted by Gasteiger charge is 2.41. The van der Waals surface area contributed by atoms with Crippen LogP contribution in [0.1, 0.15) is 5.56 Å². The Morgan fingerprint density at radius 1 is 1.32 bits per heavy atom. The zero-order valence-corrected chi connectivity index (χ0v) is 10.3. The second-order valence-electron chi connectivity index (χ2n) is 4.75. The van der Waals surface area contributed by atoms with E-state index >= 15 is 0 Å². The van der Waals surface area contributed by atoms with E-state index in [-0.39, 0.29) is 16.9 Å². The highest BCUT2D eigenvalue weighted by Crippen LogP contribution is 2.44. The van der Waals surface area contributed by atoms with Crippen molar-refractivity contribution >= 4 is 5.69 Å². The summed E-state index contributed by atoms with van der Waals surface area (Å²) in [6.07, 6.45) is 0. The van der Waals surface area contributed by atoms with Crippen molar-refractivity contribution in [3.05, 3.63) is 27.8 Å². The Kier molecular flexibility index (Phi) is 2.79. The van der Waals surface area contributed by atoms with Crippen LogP contribution in [-0.2, 0) is 10.2 Å². The lowest BCUT2D eigenvalue weighted by Gasteiger charge is -2.41. The fourth-order valence-electron chi connectivity index (χ4n) is 2.33. The molecule has 0 spiro atoms. The lowest BCUT2D eigenvalue weighted by atomic mass is 9.78. The van der Waals surface area contributed by atoms with Crippen LogP contribution in [-0.4, -0.2) is 37.9 Å². The molecule has 0 aromatic heterocycles. The van der Waals surface area contributed by atoms with Crippen LogP contribution in [0.5, 0.6) is 11.5 Å². The molecule has 1 fully saturated rings. The van der Waals surface area contributed by atoms with Crippen LogP contribution in [0, 0.1) is 10.1 Å². The van der Waals surface area contributed by atoms with Gasteiger partial charge in [-0.05, 0) is 11.6 Å². The van der Waals surface area contributed by atoms with E-state index in [9.17, 15) is 10.1 Å². The number of benzene rings is 1. The average molecular weight is 266 g/mol. The average Bonchev–Trinajstić information content (AvgIpc) is 2.37. The number of nitro benzene ring substituents is 1. The molecular formula is C12H14N2O5. The number of hydrogen-bond acceptors (Lipinski definition) is 6. The normalized spacial score (nSPS) is 19.6. The van der Waals surface area contributed by atoms with Crippen molar-refractivity contribution in [3.8, 4) is 11.5 Å². The molecule has 0 amide bonds. The van der Waals surface area contributed by atoms with Gasteiger partial charge in [0.1, 0.15) is 13.2 Å². The molecule has 0 saturated carbocycles. The first kappa shape index (κ1) is 12.2. The smallest absolute Gasteiger partial charge is 0.315 e. The number of nitrogens with zero attached hydrogens (tertiary/aromatic N) is 1. The number of hydrogen-bond donors (Lipinski definition) is 1. The van der Waals surface area contributed by atoms with Crippen molar-refractivity contribution in [2.45, 2.75) is 5.41 Å². The van der Waals surface area contributed by atoms with Gasteiger partial charge in [-0.15, -0.1) is 0 Å². The minimum Gasteiger partial charge on any atom is -0.486 e. The van der Waals surface area contributed by atoms with Gasteiger partial charge in [-0.2, -0.15) is 0 Å². The van der Waals surface area contributed by atoms with E-state index in [4.69, 9.17) is 19.9 Å². The van der Waals surface area contributed by atoms with Gasteiger partial charge in [0.25, 0.3) is 0 Å². The van der Waals surface area contributed by atoms with E-state index in [2.05, 4.69) is 0 Å². The van der Waals surface area contributed by atoms with Gasteiger partial charge in [0.15, 0.2) is 5.75 Å². The Labute approximate surface area is 109 Å². The number of nitro groups is 1. The van der Waals surface area contributed by atoms with E-state index in [1.165, 1.54) is 6.07 Å². The summed E-state index contributed by atoms with van der Waals surface area (Å²) in [6, 6.07) is 3.29. The summed E-state index contributed by atoms with van der Waals surface area (Å²) in [5, 5.41) is 11.2. The highest BCUT2D eigenvalue weighted by atomic mass is 16.6. The van der Waals surface area contributed by atoms with Crippen molar-refractivity contribution < 1.29 is 19.1 Å². The van der Waals surface area contributed by atoms with E-state index in [0.29, 0.717) is 38.7 Å². The van der Waals surface area contributed by atoms with E-state index in [1.807, 2.05) is 0 Å². The van der Waals surface area contributed by atoms with Gasteiger partial charge >= 0.3 is 5.69 Å². The summed E-state index contributed by atoms with van der Waals surface area (Å²) in [5.74, 6) is 0.614. The Morgan fingerprint density at radius 3 is 2.63 bits per heavy atom. The molecule has 2 N–H and O–H groups in total. The van der Waals surface area contributed by atoms with Crippen LogP contribution in [0.15, 0.2) is 12.1 Å². The first-order chi connectivity index (χ1) is 9.16. The van der Waals surface area contributed by atoms with Gasteiger partial charge in [-0.3, -0.25) is 10.1 Å². The largest absolute Gasteiger partial charge is 0.486 e. The van der Waals surface area contributed by atoms with Crippen LogP contribution >= 0.6 is 0 Å². The molecule has 0 unspecified atom stereocenters. The monoisotopic (exact) mass is 266 g/mol. The maximum absolute atomic E-state index is 11.2. The third-order valence-electron chi connectivity index (χ3n) is 3.58. The summed E-state index contributed by atoms with van der Waals surface area (Å²) in [7, 11) is 0. The van der Waals surface area contributed by atoms with Gasteiger partial charge in [-0.1, -0.05) is 0 Å².